The highest BCUT2D eigenvalue weighted by Crippen LogP contribution is 2.11. The third-order valence-electron chi connectivity index (χ3n) is 3.32. The average molecular weight is 341 g/mol. The molecule has 0 radical (unpaired) electrons. The van der Waals surface area contributed by atoms with Gasteiger partial charge < -0.3 is 30.4 Å². The van der Waals surface area contributed by atoms with Gasteiger partial charge in [0.05, 0.1) is 12.8 Å². The summed E-state index contributed by atoms with van der Waals surface area (Å²) in [5, 5.41) is 50.1. The Balaban J connectivity index is 2.58. The van der Waals surface area contributed by atoms with Crippen molar-refractivity contribution in [2.45, 2.75) is 24.4 Å². The molecule has 0 aromatic heterocycles. The van der Waals surface area contributed by atoms with Crippen molar-refractivity contribution in [2.24, 2.45) is 5.10 Å². The van der Waals surface area contributed by atoms with Crippen LogP contribution in [-0.2, 0) is 4.79 Å². The summed E-state index contributed by atoms with van der Waals surface area (Å²) in [7, 11) is 3.80. The smallest absolute Gasteiger partial charge is 0.271 e. The fraction of sp³-hybridized carbons (Fsp3) is 0.467. The predicted molar refractivity (Wildman–Crippen MR) is 87.6 cm³/mol. The molecule has 0 aliphatic rings. The second kappa shape index (κ2) is 9.30. The minimum absolute atomic E-state index is 0.701. The Hall–Kier alpha value is -2.04. The number of hydrogen-bond acceptors (Lipinski definition) is 8. The van der Waals surface area contributed by atoms with Crippen molar-refractivity contribution in [3.8, 4) is 0 Å². The highest BCUT2D eigenvalue weighted by atomic mass is 16.4. The second-order valence-corrected chi connectivity index (χ2v) is 5.40. The van der Waals surface area contributed by atoms with E-state index >= 15 is 0 Å². The van der Waals surface area contributed by atoms with Crippen LogP contribution in [0.25, 0.3) is 0 Å². The minimum Gasteiger partial charge on any atom is -0.394 e. The van der Waals surface area contributed by atoms with Gasteiger partial charge in [-0.2, -0.15) is 5.10 Å². The highest BCUT2D eigenvalue weighted by molar-refractivity contribution is 5.84. The Morgan fingerprint density at radius 2 is 1.75 bits per heavy atom. The molecule has 0 bridgehead atoms. The molecule has 1 amide bonds. The van der Waals surface area contributed by atoms with Gasteiger partial charge in [-0.05, 0) is 17.7 Å². The molecular weight excluding hydrogens is 318 g/mol. The standard InChI is InChI=1S/C15H23N3O6/c1-18(2)10-5-3-9(4-6-10)7-16-17-15(24)14(23)13(22)12(21)11(20)8-19/h3-7,11-14,19-23H,8H2,1-2H3,(H,17,24)/b16-7-/t11-,12+,13+,14+/m0/s1. The monoisotopic (exact) mass is 341 g/mol. The molecule has 0 aliphatic carbocycles. The van der Waals surface area contributed by atoms with Crippen LogP contribution in [-0.4, -0.2) is 82.8 Å². The number of hydrazone groups is 1. The van der Waals surface area contributed by atoms with Crippen molar-refractivity contribution in [1.82, 2.24) is 5.43 Å². The number of anilines is 1. The molecule has 24 heavy (non-hydrogen) atoms. The summed E-state index contributed by atoms with van der Waals surface area (Å²) in [6.45, 7) is -0.826. The highest BCUT2D eigenvalue weighted by Gasteiger charge is 2.34. The van der Waals surface area contributed by atoms with Gasteiger partial charge in [0.2, 0.25) is 0 Å². The summed E-state index contributed by atoms with van der Waals surface area (Å²) >= 11 is 0. The number of carbonyl (C=O) groups excluding carboxylic acids is 1. The molecule has 0 aliphatic heterocycles. The Kier molecular flexibility index (Phi) is 7.75. The average Bonchev–Trinajstić information content (AvgIpc) is 2.59. The summed E-state index contributed by atoms with van der Waals surface area (Å²) in [5.74, 6) is -1.06. The first-order valence-corrected chi connectivity index (χ1v) is 7.21. The van der Waals surface area contributed by atoms with Crippen LogP contribution in [0.3, 0.4) is 0 Å². The molecule has 0 unspecified atom stereocenters. The Morgan fingerprint density at radius 3 is 2.25 bits per heavy atom. The van der Waals surface area contributed by atoms with E-state index in [0.29, 0.717) is 5.56 Å². The van der Waals surface area contributed by atoms with Crippen molar-refractivity contribution in [2.75, 3.05) is 25.6 Å². The summed E-state index contributed by atoms with van der Waals surface area (Å²) < 4.78 is 0. The van der Waals surface area contributed by atoms with Gasteiger partial charge >= 0.3 is 0 Å². The maximum Gasteiger partial charge on any atom is 0.271 e. The minimum atomic E-state index is -2.02. The number of carbonyl (C=O) groups is 1. The predicted octanol–water partition coefficient (Wildman–Crippen LogP) is -2.36. The number of nitrogens with zero attached hydrogens (tertiary/aromatic N) is 2. The summed E-state index contributed by atoms with van der Waals surface area (Å²) in [6.07, 6.45) is -6.20. The molecule has 6 N–H and O–H groups in total. The van der Waals surface area contributed by atoms with Crippen LogP contribution in [0.2, 0.25) is 0 Å². The van der Waals surface area contributed by atoms with Crippen LogP contribution in [0.1, 0.15) is 5.56 Å². The molecule has 0 fully saturated rings. The number of hydrogen-bond donors (Lipinski definition) is 6. The second-order valence-electron chi connectivity index (χ2n) is 5.40. The van der Waals surface area contributed by atoms with Crippen molar-refractivity contribution in [1.29, 1.82) is 0 Å². The third kappa shape index (κ3) is 5.55. The number of amides is 1. The fourth-order valence-electron chi connectivity index (χ4n) is 1.77. The molecule has 1 rings (SSSR count). The largest absolute Gasteiger partial charge is 0.394 e. The molecule has 0 saturated heterocycles. The molecule has 1 aromatic carbocycles. The maximum atomic E-state index is 11.6. The zero-order valence-electron chi connectivity index (χ0n) is 13.4. The van der Waals surface area contributed by atoms with Crippen LogP contribution < -0.4 is 10.3 Å². The molecule has 134 valence electrons. The van der Waals surface area contributed by atoms with Crippen molar-refractivity contribution < 1.29 is 30.3 Å². The molecule has 9 heteroatoms. The van der Waals surface area contributed by atoms with Crippen LogP contribution in [0.5, 0.6) is 0 Å². The number of aliphatic hydroxyl groups is 5. The Bertz CT molecular complexity index is 549. The molecular formula is C15H23N3O6. The van der Waals surface area contributed by atoms with Crippen LogP contribution in [0.15, 0.2) is 29.4 Å². The fourth-order valence-corrected chi connectivity index (χ4v) is 1.77. The van der Waals surface area contributed by atoms with Crippen LogP contribution >= 0.6 is 0 Å². The van der Waals surface area contributed by atoms with E-state index < -0.39 is 36.9 Å². The summed E-state index contributed by atoms with van der Waals surface area (Å²) in [6, 6.07) is 7.26. The van der Waals surface area contributed by atoms with E-state index in [1.807, 2.05) is 36.6 Å². The molecule has 1 aromatic rings. The number of rotatable bonds is 8. The molecule has 0 saturated carbocycles. The summed E-state index contributed by atoms with van der Waals surface area (Å²) in [5.41, 5.74) is 3.71. The van der Waals surface area contributed by atoms with Crippen LogP contribution in [0, 0.1) is 0 Å². The van der Waals surface area contributed by atoms with E-state index in [0.717, 1.165) is 5.69 Å². The lowest BCUT2D eigenvalue weighted by molar-refractivity contribution is -0.148. The third-order valence-corrected chi connectivity index (χ3v) is 3.32. The number of benzene rings is 1. The number of aliphatic hydroxyl groups excluding tert-OH is 5. The van der Waals surface area contributed by atoms with Gasteiger partial charge in [-0.1, -0.05) is 12.1 Å². The van der Waals surface area contributed by atoms with Gasteiger partial charge in [0.1, 0.15) is 18.3 Å². The van der Waals surface area contributed by atoms with E-state index in [2.05, 4.69) is 5.10 Å². The lowest BCUT2D eigenvalue weighted by atomic mass is 10.0. The maximum absolute atomic E-state index is 11.6. The number of nitrogens with one attached hydrogen (secondary N) is 1. The zero-order valence-corrected chi connectivity index (χ0v) is 13.4. The van der Waals surface area contributed by atoms with E-state index in [-0.39, 0.29) is 0 Å². The lowest BCUT2D eigenvalue weighted by Crippen LogP contribution is -2.50. The van der Waals surface area contributed by atoms with Gasteiger partial charge in [0.25, 0.3) is 5.91 Å². The first kappa shape index (κ1) is 20.0. The molecule has 9 nitrogen and oxygen atoms in total. The van der Waals surface area contributed by atoms with Gasteiger partial charge in [-0.3, -0.25) is 4.79 Å². The molecule has 4 atom stereocenters. The first-order valence-electron chi connectivity index (χ1n) is 7.21. The van der Waals surface area contributed by atoms with Crippen molar-refractivity contribution in [3.63, 3.8) is 0 Å². The van der Waals surface area contributed by atoms with Gasteiger partial charge in [0.15, 0.2) is 6.10 Å². The van der Waals surface area contributed by atoms with E-state index in [1.54, 1.807) is 12.1 Å². The van der Waals surface area contributed by atoms with Crippen molar-refractivity contribution in [3.05, 3.63) is 29.8 Å². The SMILES string of the molecule is CN(C)c1ccc(/C=N\NC(=O)[C@H](O)[C@H](O)[C@H](O)[C@@H](O)CO)cc1. The van der Waals surface area contributed by atoms with Gasteiger partial charge in [-0.15, -0.1) is 0 Å². The van der Waals surface area contributed by atoms with Crippen molar-refractivity contribution >= 4 is 17.8 Å². The summed E-state index contributed by atoms with van der Waals surface area (Å²) in [4.78, 5) is 13.6. The Labute approximate surface area is 139 Å². The lowest BCUT2D eigenvalue weighted by Gasteiger charge is -2.24. The first-order chi connectivity index (χ1) is 11.3. The quantitative estimate of drug-likeness (QED) is 0.229. The zero-order chi connectivity index (χ0) is 18.3. The van der Waals surface area contributed by atoms with Gasteiger partial charge in [-0.25, -0.2) is 5.43 Å². The molecule has 0 spiro atoms. The van der Waals surface area contributed by atoms with E-state index in [4.69, 9.17) is 5.11 Å². The molecule has 0 heterocycles. The van der Waals surface area contributed by atoms with E-state index in [9.17, 15) is 25.2 Å². The topological polar surface area (TPSA) is 146 Å². The normalized spacial score (nSPS) is 16.5. The van der Waals surface area contributed by atoms with Crippen LogP contribution in [0.4, 0.5) is 5.69 Å². The van der Waals surface area contributed by atoms with Gasteiger partial charge in [0, 0.05) is 19.8 Å². The Morgan fingerprint density at radius 1 is 1.17 bits per heavy atom. The van der Waals surface area contributed by atoms with E-state index in [1.165, 1.54) is 6.21 Å².